The number of ether oxygens (including phenoxy) is 1. The number of nitrogens with zero attached hydrogens (tertiary/aromatic N) is 1. The zero-order valence-electron chi connectivity index (χ0n) is 13.9. The molecular formula is C16H25NO6. The van der Waals surface area contributed by atoms with Crippen LogP contribution in [0.1, 0.15) is 25.7 Å². The van der Waals surface area contributed by atoms with Crippen LogP contribution in [0, 0.1) is 0 Å². The first kappa shape index (κ1) is 20.9. The number of allylic oxidation sites excluding steroid dienone is 2. The number of carbonyl (C=O) groups excluding carboxylic acids is 2. The topological polar surface area (TPSA) is 104 Å². The molecule has 0 aromatic rings. The van der Waals surface area contributed by atoms with E-state index < -0.39 is 24.0 Å². The van der Waals surface area contributed by atoms with Crippen molar-refractivity contribution in [1.29, 1.82) is 0 Å². The molecule has 1 N–H and O–H groups in total. The van der Waals surface area contributed by atoms with E-state index in [-0.39, 0.29) is 6.42 Å². The van der Waals surface area contributed by atoms with E-state index in [1.54, 1.807) is 12.2 Å². The number of unbranched alkanes of at least 4 members (excludes halogenated alkanes) is 2. The fraction of sp³-hybridized carbons (Fsp3) is 0.562. The molecule has 1 atom stereocenters. The van der Waals surface area contributed by atoms with E-state index in [2.05, 4.69) is 0 Å². The largest absolute Gasteiger partial charge is 0.550 e. The summed E-state index contributed by atoms with van der Waals surface area (Å²) >= 11 is 0. The number of carboxylic acids is 2. The number of carboxylic acid groups (broad SMARTS) is 2. The fourth-order valence-electron chi connectivity index (χ4n) is 1.86. The van der Waals surface area contributed by atoms with Gasteiger partial charge in [-0.1, -0.05) is 12.2 Å². The average Bonchev–Trinajstić information content (AvgIpc) is 2.34. The molecule has 0 heterocycles. The summed E-state index contributed by atoms with van der Waals surface area (Å²) in [6, 6.07) is 0. The molecule has 0 aromatic heterocycles. The van der Waals surface area contributed by atoms with Crippen LogP contribution in [0.15, 0.2) is 24.3 Å². The molecule has 7 heteroatoms. The van der Waals surface area contributed by atoms with Crippen molar-refractivity contribution in [2.24, 2.45) is 0 Å². The van der Waals surface area contributed by atoms with Crippen LogP contribution in [0.3, 0.4) is 0 Å². The smallest absolute Gasteiger partial charge is 0.330 e. The van der Waals surface area contributed by atoms with Gasteiger partial charge in [-0.2, -0.15) is 0 Å². The van der Waals surface area contributed by atoms with Crippen LogP contribution in [0.25, 0.3) is 0 Å². The van der Waals surface area contributed by atoms with Crippen LogP contribution in [0.2, 0.25) is 0 Å². The van der Waals surface area contributed by atoms with E-state index >= 15 is 0 Å². The van der Waals surface area contributed by atoms with Crippen LogP contribution in [0.5, 0.6) is 0 Å². The van der Waals surface area contributed by atoms with Gasteiger partial charge >= 0.3 is 11.9 Å². The number of aliphatic carboxylic acids is 2. The van der Waals surface area contributed by atoms with Gasteiger partial charge in [0.25, 0.3) is 0 Å². The summed E-state index contributed by atoms with van der Waals surface area (Å²) in [5, 5.41) is 19.1. The van der Waals surface area contributed by atoms with Crippen molar-refractivity contribution < 1.29 is 33.8 Å². The number of hydrogen-bond donors (Lipinski definition) is 1. The Morgan fingerprint density at radius 3 is 2.17 bits per heavy atom. The lowest BCUT2D eigenvalue weighted by Crippen LogP contribution is -2.45. The molecule has 0 bridgehead atoms. The van der Waals surface area contributed by atoms with E-state index in [0.717, 1.165) is 6.08 Å². The van der Waals surface area contributed by atoms with Crippen molar-refractivity contribution in [2.75, 3.05) is 27.7 Å². The van der Waals surface area contributed by atoms with Gasteiger partial charge in [-0.15, -0.1) is 0 Å². The Morgan fingerprint density at radius 2 is 1.70 bits per heavy atom. The lowest BCUT2D eigenvalue weighted by Gasteiger charge is -2.29. The van der Waals surface area contributed by atoms with E-state index in [4.69, 9.17) is 9.84 Å². The summed E-state index contributed by atoms with van der Waals surface area (Å²) in [7, 11) is 5.61. The molecule has 0 fully saturated rings. The number of hydrogen-bond acceptors (Lipinski definition) is 5. The molecule has 23 heavy (non-hydrogen) atoms. The van der Waals surface area contributed by atoms with Gasteiger partial charge in [-0.25, -0.2) is 9.59 Å². The lowest BCUT2D eigenvalue weighted by molar-refractivity contribution is -0.873. The van der Waals surface area contributed by atoms with Crippen molar-refractivity contribution in [3.05, 3.63) is 24.3 Å². The highest BCUT2D eigenvalue weighted by molar-refractivity contribution is 5.82. The lowest BCUT2D eigenvalue weighted by atomic mass is 10.2. The standard InChI is InChI=1S/C16H25NO6/c1-17(2,3)12-13(11-15(20)21)23-16(22)10-8-6-4-5-7-9-14(18)19/h7-10,13H,4-6,11-12H2,1-3H3,(H-,18,19,20,21)/b9-7+,10-8+. The Balaban J connectivity index is 4.22. The van der Waals surface area contributed by atoms with Gasteiger partial charge in [0.2, 0.25) is 0 Å². The van der Waals surface area contributed by atoms with Gasteiger partial charge in [-0.3, -0.25) is 0 Å². The first-order chi connectivity index (χ1) is 10.6. The van der Waals surface area contributed by atoms with Crippen molar-refractivity contribution in [2.45, 2.75) is 31.8 Å². The summed E-state index contributed by atoms with van der Waals surface area (Å²) in [6.45, 7) is 0.369. The van der Waals surface area contributed by atoms with Gasteiger partial charge in [0, 0.05) is 24.5 Å². The zero-order chi connectivity index (χ0) is 17.9. The number of carbonyl (C=O) groups is 3. The van der Waals surface area contributed by atoms with Crippen LogP contribution in [-0.4, -0.2) is 61.3 Å². The van der Waals surface area contributed by atoms with E-state index in [9.17, 15) is 19.5 Å². The molecule has 0 saturated heterocycles. The second-order valence-electron chi connectivity index (χ2n) is 6.18. The van der Waals surface area contributed by atoms with Gasteiger partial charge in [0.05, 0.1) is 21.1 Å². The number of rotatable bonds is 11. The Morgan fingerprint density at radius 1 is 1.13 bits per heavy atom. The zero-order valence-corrected chi connectivity index (χ0v) is 13.9. The van der Waals surface area contributed by atoms with Crippen LogP contribution < -0.4 is 5.11 Å². The molecule has 0 aliphatic heterocycles. The van der Waals surface area contributed by atoms with Crippen molar-refractivity contribution >= 4 is 17.9 Å². The Kier molecular flexibility index (Phi) is 9.57. The summed E-state index contributed by atoms with van der Waals surface area (Å²) in [4.78, 5) is 32.6. The molecule has 130 valence electrons. The first-order valence-corrected chi connectivity index (χ1v) is 7.37. The predicted molar refractivity (Wildman–Crippen MR) is 82.2 cm³/mol. The maximum atomic E-state index is 11.7. The minimum absolute atomic E-state index is 0.338. The van der Waals surface area contributed by atoms with Crippen molar-refractivity contribution in [3.8, 4) is 0 Å². The van der Waals surface area contributed by atoms with Crippen LogP contribution in [0.4, 0.5) is 0 Å². The van der Waals surface area contributed by atoms with Crippen molar-refractivity contribution in [1.82, 2.24) is 0 Å². The monoisotopic (exact) mass is 327 g/mol. The average molecular weight is 327 g/mol. The molecular weight excluding hydrogens is 302 g/mol. The molecule has 0 saturated carbocycles. The SMILES string of the molecule is C[N+](C)(C)CC(CC(=O)[O-])OC(=O)/C=C/CCC/C=C/C(=O)O. The van der Waals surface area contributed by atoms with Crippen LogP contribution in [-0.2, 0) is 19.1 Å². The van der Waals surface area contributed by atoms with E-state index in [1.807, 2.05) is 21.1 Å². The Bertz CT molecular complexity index is 462. The molecule has 7 nitrogen and oxygen atoms in total. The summed E-state index contributed by atoms with van der Waals surface area (Å²) in [5.41, 5.74) is 0. The molecule has 1 unspecified atom stereocenters. The van der Waals surface area contributed by atoms with Crippen molar-refractivity contribution in [3.63, 3.8) is 0 Å². The first-order valence-electron chi connectivity index (χ1n) is 7.37. The molecule has 0 spiro atoms. The summed E-state index contributed by atoms with van der Waals surface area (Å²) in [5.74, 6) is -2.84. The second kappa shape index (κ2) is 10.6. The van der Waals surface area contributed by atoms with E-state index in [0.29, 0.717) is 30.3 Å². The highest BCUT2D eigenvalue weighted by atomic mass is 16.5. The second-order valence-corrected chi connectivity index (χ2v) is 6.18. The number of quaternary nitrogens is 1. The van der Waals surface area contributed by atoms with Crippen LogP contribution >= 0.6 is 0 Å². The molecule has 0 aliphatic rings. The number of esters is 1. The predicted octanol–water partition coefficient (Wildman–Crippen LogP) is 0.112. The number of likely N-dealkylation sites (N-methyl/N-ethyl adjacent to an activating group) is 1. The Hall–Kier alpha value is -2.15. The highest BCUT2D eigenvalue weighted by Crippen LogP contribution is 2.06. The summed E-state index contributed by atoms with van der Waals surface area (Å²) < 4.78 is 5.61. The third-order valence-corrected chi connectivity index (χ3v) is 2.68. The molecule has 0 aliphatic carbocycles. The highest BCUT2D eigenvalue weighted by Gasteiger charge is 2.21. The molecule has 0 rings (SSSR count). The van der Waals surface area contributed by atoms with Gasteiger partial charge in [-0.05, 0) is 19.3 Å². The van der Waals surface area contributed by atoms with Gasteiger partial charge in [0.1, 0.15) is 6.54 Å². The molecule has 0 aromatic carbocycles. The molecule has 0 amide bonds. The van der Waals surface area contributed by atoms with E-state index in [1.165, 1.54) is 6.08 Å². The quantitative estimate of drug-likeness (QED) is 0.250. The minimum Gasteiger partial charge on any atom is -0.550 e. The normalized spacial score (nSPS) is 13.3. The minimum atomic E-state index is -1.26. The maximum Gasteiger partial charge on any atom is 0.330 e. The third kappa shape index (κ3) is 14.5. The van der Waals surface area contributed by atoms with Gasteiger partial charge in [0.15, 0.2) is 6.10 Å². The molecule has 0 radical (unpaired) electrons. The fourth-order valence-corrected chi connectivity index (χ4v) is 1.86. The van der Waals surface area contributed by atoms with Gasteiger partial charge < -0.3 is 24.2 Å². The maximum absolute atomic E-state index is 11.7. The third-order valence-electron chi connectivity index (χ3n) is 2.68. The summed E-state index contributed by atoms with van der Waals surface area (Å²) in [6.07, 6.45) is 6.33. The Labute approximate surface area is 136 Å².